The lowest BCUT2D eigenvalue weighted by atomic mass is 10.1. The van der Waals surface area contributed by atoms with Gasteiger partial charge < -0.3 is 10.1 Å². The number of ether oxygens (including phenoxy) is 1. The van der Waals surface area contributed by atoms with Gasteiger partial charge in [0.1, 0.15) is 11.6 Å². The molecule has 0 saturated carbocycles. The maximum Gasteiger partial charge on any atom is 0.224 e. The van der Waals surface area contributed by atoms with Crippen molar-refractivity contribution in [3.8, 4) is 5.75 Å². The number of amides is 1. The number of benzene rings is 2. The summed E-state index contributed by atoms with van der Waals surface area (Å²) in [5.74, 6) is 0.448. The van der Waals surface area contributed by atoms with Crippen molar-refractivity contribution in [1.82, 2.24) is 5.32 Å². The van der Waals surface area contributed by atoms with Crippen molar-refractivity contribution in [3.63, 3.8) is 0 Å². The SMILES string of the molecule is CCOc1ccc(CC(=O)NC(C)c2ccc(F)cc2)cc1. The number of nitrogens with one attached hydrogen (secondary N) is 1. The predicted octanol–water partition coefficient (Wildman–Crippen LogP) is 3.64. The molecule has 3 nitrogen and oxygen atoms in total. The van der Waals surface area contributed by atoms with Crippen molar-refractivity contribution in [2.45, 2.75) is 26.3 Å². The fraction of sp³-hybridized carbons (Fsp3) is 0.278. The van der Waals surface area contributed by atoms with E-state index in [1.54, 1.807) is 12.1 Å². The topological polar surface area (TPSA) is 38.3 Å². The highest BCUT2D eigenvalue weighted by Crippen LogP contribution is 2.15. The van der Waals surface area contributed by atoms with E-state index in [9.17, 15) is 9.18 Å². The van der Waals surface area contributed by atoms with Crippen LogP contribution in [0.15, 0.2) is 48.5 Å². The van der Waals surface area contributed by atoms with Gasteiger partial charge in [-0.2, -0.15) is 0 Å². The molecule has 0 saturated heterocycles. The molecule has 1 atom stereocenters. The number of hydrogen-bond acceptors (Lipinski definition) is 2. The monoisotopic (exact) mass is 301 g/mol. The molecule has 0 radical (unpaired) electrons. The molecule has 1 unspecified atom stereocenters. The summed E-state index contributed by atoms with van der Waals surface area (Å²) in [6.45, 7) is 4.43. The highest BCUT2D eigenvalue weighted by Gasteiger charge is 2.10. The summed E-state index contributed by atoms with van der Waals surface area (Å²) in [7, 11) is 0. The van der Waals surface area contributed by atoms with Crippen LogP contribution in [0.4, 0.5) is 4.39 Å². The lowest BCUT2D eigenvalue weighted by Crippen LogP contribution is -2.28. The molecule has 2 aromatic carbocycles. The summed E-state index contributed by atoms with van der Waals surface area (Å²) in [5, 5.41) is 2.91. The Labute approximate surface area is 130 Å². The predicted molar refractivity (Wildman–Crippen MR) is 84.3 cm³/mol. The van der Waals surface area contributed by atoms with Crippen molar-refractivity contribution in [3.05, 3.63) is 65.5 Å². The zero-order valence-electron chi connectivity index (χ0n) is 12.8. The van der Waals surface area contributed by atoms with Crippen molar-refractivity contribution in [2.75, 3.05) is 6.61 Å². The molecule has 0 aliphatic heterocycles. The van der Waals surface area contributed by atoms with Crippen molar-refractivity contribution < 1.29 is 13.9 Å². The molecule has 1 amide bonds. The summed E-state index contributed by atoms with van der Waals surface area (Å²) in [4.78, 5) is 12.1. The van der Waals surface area contributed by atoms with E-state index < -0.39 is 0 Å². The standard InChI is InChI=1S/C18H20FNO2/c1-3-22-17-10-4-14(5-11-17)12-18(21)20-13(2)15-6-8-16(19)9-7-15/h4-11,13H,3,12H2,1-2H3,(H,20,21). The second kappa shape index (κ2) is 7.59. The Morgan fingerprint density at radius 1 is 1.14 bits per heavy atom. The Morgan fingerprint density at radius 2 is 1.77 bits per heavy atom. The van der Waals surface area contributed by atoms with Gasteiger partial charge in [0.25, 0.3) is 0 Å². The molecule has 0 aromatic heterocycles. The first-order valence-electron chi connectivity index (χ1n) is 7.35. The van der Waals surface area contributed by atoms with Gasteiger partial charge in [0.05, 0.1) is 19.1 Å². The van der Waals surface area contributed by atoms with E-state index in [4.69, 9.17) is 4.74 Å². The van der Waals surface area contributed by atoms with Gasteiger partial charge >= 0.3 is 0 Å². The van der Waals surface area contributed by atoms with Crippen LogP contribution in [0, 0.1) is 5.82 Å². The van der Waals surface area contributed by atoms with Gasteiger partial charge in [-0.1, -0.05) is 24.3 Å². The number of halogens is 1. The zero-order valence-corrected chi connectivity index (χ0v) is 12.8. The molecule has 0 aliphatic carbocycles. The largest absolute Gasteiger partial charge is 0.494 e. The van der Waals surface area contributed by atoms with E-state index in [0.29, 0.717) is 13.0 Å². The second-order valence-electron chi connectivity index (χ2n) is 5.09. The Hall–Kier alpha value is -2.36. The van der Waals surface area contributed by atoms with Crippen LogP contribution in [0.3, 0.4) is 0 Å². The molecule has 0 aliphatic rings. The molecular formula is C18H20FNO2. The van der Waals surface area contributed by atoms with Crippen LogP contribution in [0.2, 0.25) is 0 Å². The van der Waals surface area contributed by atoms with E-state index in [1.165, 1.54) is 12.1 Å². The second-order valence-corrected chi connectivity index (χ2v) is 5.09. The fourth-order valence-electron chi connectivity index (χ4n) is 2.18. The van der Waals surface area contributed by atoms with Gasteiger partial charge in [0, 0.05) is 0 Å². The number of carbonyl (C=O) groups excluding carboxylic acids is 1. The third kappa shape index (κ3) is 4.58. The molecular weight excluding hydrogens is 281 g/mol. The van der Waals surface area contributed by atoms with Gasteiger partial charge in [-0.15, -0.1) is 0 Å². The highest BCUT2D eigenvalue weighted by atomic mass is 19.1. The Balaban J connectivity index is 1.90. The van der Waals surface area contributed by atoms with E-state index in [-0.39, 0.29) is 17.8 Å². The first kappa shape index (κ1) is 16.0. The van der Waals surface area contributed by atoms with Crippen LogP contribution in [0.1, 0.15) is 31.0 Å². The molecule has 2 aromatic rings. The van der Waals surface area contributed by atoms with Gasteiger partial charge in [-0.05, 0) is 49.2 Å². The van der Waals surface area contributed by atoms with Crippen LogP contribution in [0.25, 0.3) is 0 Å². The molecule has 116 valence electrons. The minimum atomic E-state index is -0.281. The Bertz CT molecular complexity index is 608. The van der Waals surface area contributed by atoms with Crippen molar-refractivity contribution in [1.29, 1.82) is 0 Å². The van der Waals surface area contributed by atoms with E-state index in [2.05, 4.69) is 5.32 Å². The first-order chi connectivity index (χ1) is 10.6. The maximum atomic E-state index is 12.9. The summed E-state index contributed by atoms with van der Waals surface area (Å²) in [6, 6.07) is 13.5. The number of hydrogen-bond donors (Lipinski definition) is 1. The third-order valence-electron chi connectivity index (χ3n) is 3.35. The lowest BCUT2D eigenvalue weighted by molar-refractivity contribution is -0.121. The summed E-state index contributed by atoms with van der Waals surface area (Å²) >= 11 is 0. The molecule has 0 fully saturated rings. The van der Waals surface area contributed by atoms with Crippen molar-refractivity contribution >= 4 is 5.91 Å². The molecule has 4 heteroatoms. The number of rotatable bonds is 6. The molecule has 0 spiro atoms. The quantitative estimate of drug-likeness (QED) is 0.884. The van der Waals surface area contributed by atoms with Gasteiger partial charge in [0.15, 0.2) is 0 Å². The third-order valence-corrected chi connectivity index (χ3v) is 3.35. The van der Waals surface area contributed by atoms with Crippen LogP contribution in [0.5, 0.6) is 5.75 Å². The van der Waals surface area contributed by atoms with E-state index in [1.807, 2.05) is 38.1 Å². The van der Waals surface area contributed by atoms with Crippen LogP contribution in [-0.4, -0.2) is 12.5 Å². The fourth-order valence-corrected chi connectivity index (χ4v) is 2.18. The van der Waals surface area contributed by atoms with Crippen molar-refractivity contribution in [2.24, 2.45) is 0 Å². The molecule has 0 heterocycles. The molecule has 2 rings (SSSR count). The minimum Gasteiger partial charge on any atom is -0.494 e. The average molecular weight is 301 g/mol. The summed E-state index contributed by atoms with van der Waals surface area (Å²) in [5.41, 5.74) is 1.80. The lowest BCUT2D eigenvalue weighted by Gasteiger charge is -2.14. The normalized spacial score (nSPS) is 11.8. The summed E-state index contributed by atoms with van der Waals surface area (Å²) < 4.78 is 18.3. The van der Waals surface area contributed by atoms with Gasteiger partial charge in [-0.25, -0.2) is 4.39 Å². The van der Waals surface area contributed by atoms with Crippen LogP contribution >= 0.6 is 0 Å². The van der Waals surface area contributed by atoms with Crippen LogP contribution < -0.4 is 10.1 Å². The van der Waals surface area contributed by atoms with Crippen LogP contribution in [-0.2, 0) is 11.2 Å². The highest BCUT2D eigenvalue weighted by molar-refractivity contribution is 5.79. The van der Waals surface area contributed by atoms with E-state index in [0.717, 1.165) is 16.9 Å². The first-order valence-corrected chi connectivity index (χ1v) is 7.35. The average Bonchev–Trinajstić information content (AvgIpc) is 2.50. The molecule has 1 N–H and O–H groups in total. The molecule has 0 bridgehead atoms. The smallest absolute Gasteiger partial charge is 0.224 e. The van der Waals surface area contributed by atoms with Gasteiger partial charge in [-0.3, -0.25) is 4.79 Å². The molecule has 22 heavy (non-hydrogen) atoms. The Morgan fingerprint density at radius 3 is 2.36 bits per heavy atom. The summed E-state index contributed by atoms with van der Waals surface area (Å²) in [6.07, 6.45) is 0.304. The Kier molecular flexibility index (Phi) is 5.53. The van der Waals surface area contributed by atoms with E-state index >= 15 is 0 Å². The minimum absolute atomic E-state index is 0.0685. The maximum absolute atomic E-state index is 12.9. The number of carbonyl (C=O) groups is 1. The zero-order chi connectivity index (χ0) is 15.9. The van der Waals surface area contributed by atoms with Gasteiger partial charge in [0.2, 0.25) is 5.91 Å².